The van der Waals surface area contributed by atoms with E-state index in [1.807, 2.05) is 25.1 Å². The van der Waals surface area contributed by atoms with Crippen molar-refractivity contribution in [1.29, 1.82) is 0 Å². The van der Waals surface area contributed by atoms with Gasteiger partial charge >= 0.3 is 5.97 Å². The molecule has 0 aromatic heterocycles. The van der Waals surface area contributed by atoms with E-state index in [9.17, 15) is 19.2 Å². The van der Waals surface area contributed by atoms with E-state index in [2.05, 4.69) is 0 Å². The standard InChI is InChI=1S/C26H23ClN2O5/c1-15-6-7-18(13-22(15)27)28-14-16(12-23(28)30)26(33)34-19-10-8-17(9-11-19)29-24(31)20-4-2-3-5-21(20)25(29)32/h2-3,6-11,13,16,20-21H,4-5,12,14H2,1H3/t16-,20-,21+/m1/s1. The van der Waals surface area contributed by atoms with Crippen LogP contribution in [0.5, 0.6) is 5.75 Å². The third kappa shape index (κ3) is 3.90. The second-order valence-corrected chi connectivity index (χ2v) is 9.33. The number of fused-ring (bicyclic) bond motifs is 1. The predicted octanol–water partition coefficient (Wildman–Crippen LogP) is 4.06. The van der Waals surface area contributed by atoms with E-state index in [1.54, 1.807) is 41.3 Å². The van der Waals surface area contributed by atoms with Crippen LogP contribution in [0.25, 0.3) is 0 Å². The number of esters is 1. The molecule has 1 aliphatic carbocycles. The van der Waals surface area contributed by atoms with Gasteiger partial charge in [-0.25, -0.2) is 0 Å². The molecule has 34 heavy (non-hydrogen) atoms. The van der Waals surface area contributed by atoms with Crippen molar-refractivity contribution in [2.45, 2.75) is 26.2 Å². The molecule has 0 N–H and O–H groups in total. The van der Waals surface area contributed by atoms with Gasteiger partial charge in [-0.05, 0) is 61.7 Å². The average Bonchev–Trinajstić information content (AvgIpc) is 3.34. The quantitative estimate of drug-likeness (QED) is 0.286. The Hall–Kier alpha value is -3.45. The lowest BCUT2D eigenvalue weighted by atomic mass is 9.85. The molecule has 3 aliphatic rings. The number of carbonyl (C=O) groups is 4. The van der Waals surface area contributed by atoms with Crippen molar-refractivity contribution in [3.63, 3.8) is 0 Å². The first-order valence-corrected chi connectivity index (χ1v) is 11.6. The van der Waals surface area contributed by atoms with Crippen LogP contribution in [0.1, 0.15) is 24.8 Å². The minimum absolute atomic E-state index is 0.0516. The Morgan fingerprint density at radius 2 is 1.56 bits per heavy atom. The first kappa shape index (κ1) is 22.3. The Labute approximate surface area is 201 Å². The summed E-state index contributed by atoms with van der Waals surface area (Å²) in [5.41, 5.74) is 2.02. The zero-order valence-corrected chi connectivity index (χ0v) is 19.3. The van der Waals surface area contributed by atoms with Gasteiger partial charge in [-0.3, -0.25) is 24.1 Å². The van der Waals surface area contributed by atoms with Crippen molar-refractivity contribution in [1.82, 2.24) is 0 Å². The summed E-state index contributed by atoms with van der Waals surface area (Å²) >= 11 is 6.18. The molecule has 8 heteroatoms. The highest BCUT2D eigenvalue weighted by Crippen LogP contribution is 2.38. The molecule has 3 atom stereocenters. The number of aryl methyl sites for hydroxylation is 1. The summed E-state index contributed by atoms with van der Waals surface area (Å²) in [5, 5.41) is 0.557. The number of benzene rings is 2. The molecule has 3 amide bonds. The molecule has 5 rings (SSSR count). The summed E-state index contributed by atoms with van der Waals surface area (Å²) in [6.45, 7) is 2.09. The molecule has 2 aromatic carbocycles. The smallest absolute Gasteiger partial charge is 0.316 e. The van der Waals surface area contributed by atoms with E-state index in [0.717, 1.165) is 5.56 Å². The van der Waals surface area contributed by atoms with E-state index in [0.29, 0.717) is 29.2 Å². The normalized spacial score (nSPS) is 24.1. The van der Waals surface area contributed by atoms with Crippen LogP contribution in [0.3, 0.4) is 0 Å². The van der Waals surface area contributed by atoms with E-state index in [1.165, 1.54) is 4.90 Å². The van der Waals surface area contributed by atoms with Crippen LogP contribution in [0.2, 0.25) is 5.02 Å². The number of halogens is 1. The van der Waals surface area contributed by atoms with Crippen molar-refractivity contribution in [3.8, 4) is 5.75 Å². The number of rotatable bonds is 4. The summed E-state index contributed by atoms with van der Waals surface area (Å²) in [4.78, 5) is 53.5. The van der Waals surface area contributed by atoms with Gasteiger partial charge in [0.2, 0.25) is 17.7 Å². The minimum Gasteiger partial charge on any atom is -0.426 e. The fourth-order valence-corrected chi connectivity index (χ4v) is 4.96. The van der Waals surface area contributed by atoms with E-state index >= 15 is 0 Å². The second kappa shape index (κ2) is 8.72. The molecule has 0 spiro atoms. The summed E-state index contributed by atoms with van der Waals surface area (Å²) in [7, 11) is 0. The third-order valence-corrected chi connectivity index (χ3v) is 7.15. The Balaban J connectivity index is 1.24. The highest BCUT2D eigenvalue weighted by atomic mass is 35.5. The predicted molar refractivity (Wildman–Crippen MR) is 127 cm³/mol. The zero-order chi connectivity index (χ0) is 24.0. The van der Waals surface area contributed by atoms with Crippen molar-refractivity contribution in [2.75, 3.05) is 16.3 Å². The largest absolute Gasteiger partial charge is 0.426 e. The van der Waals surface area contributed by atoms with Crippen molar-refractivity contribution in [2.24, 2.45) is 17.8 Å². The Kier molecular flexibility index (Phi) is 5.73. The van der Waals surface area contributed by atoms with Crippen LogP contribution in [0, 0.1) is 24.7 Å². The molecule has 0 bridgehead atoms. The molecule has 2 aliphatic heterocycles. The lowest BCUT2D eigenvalue weighted by molar-refractivity contribution is -0.139. The molecule has 2 saturated heterocycles. The van der Waals surface area contributed by atoms with Gasteiger partial charge in [-0.15, -0.1) is 0 Å². The topological polar surface area (TPSA) is 84.0 Å². The molecule has 0 saturated carbocycles. The van der Waals surface area contributed by atoms with Gasteiger partial charge in [-0.1, -0.05) is 29.8 Å². The maximum atomic E-state index is 12.7. The molecule has 2 heterocycles. The molecule has 2 aromatic rings. The van der Waals surface area contributed by atoms with Gasteiger partial charge in [0.05, 0.1) is 23.4 Å². The Morgan fingerprint density at radius 1 is 0.941 bits per heavy atom. The van der Waals surface area contributed by atoms with Crippen molar-refractivity contribution < 1.29 is 23.9 Å². The Morgan fingerprint density at radius 3 is 2.18 bits per heavy atom. The van der Waals surface area contributed by atoms with Crippen molar-refractivity contribution >= 4 is 46.7 Å². The first-order chi connectivity index (χ1) is 16.3. The van der Waals surface area contributed by atoms with E-state index in [4.69, 9.17) is 16.3 Å². The summed E-state index contributed by atoms with van der Waals surface area (Å²) < 4.78 is 5.50. The van der Waals surface area contributed by atoms with Gasteiger partial charge in [0.15, 0.2) is 0 Å². The number of ether oxygens (including phenoxy) is 1. The maximum absolute atomic E-state index is 12.7. The first-order valence-electron chi connectivity index (χ1n) is 11.2. The summed E-state index contributed by atoms with van der Waals surface area (Å²) in [6.07, 6.45) is 5.10. The summed E-state index contributed by atoms with van der Waals surface area (Å²) in [6, 6.07) is 11.7. The highest BCUT2D eigenvalue weighted by molar-refractivity contribution is 6.31. The minimum atomic E-state index is -0.607. The molecule has 7 nitrogen and oxygen atoms in total. The van der Waals surface area contributed by atoms with Crippen LogP contribution in [-0.2, 0) is 19.2 Å². The van der Waals surface area contributed by atoms with E-state index < -0.39 is 11.9 Å². The SMILES string of the molecule is Cc1ccc(N2C[C@H](C(=O)Oc3ccc(N4C(=O)[C@H]5CC=CC[C@H]5C4=O)cc3)CC2=O)cc1Cl. The van der Waals surface area contributed by atoms with Crippen LogP contribution < -0.4 is 14.5 Å². The molecule has 0 unspecified atom stereocenters. The van der Waals surface area contributed by atoms with Gasteiger partial charge in [0.1, 0.15) is 5.75 Å². The lowest BCUT2D eigenvalue weighted by Crippen LogP contribution is -2.30. The number of carbonyl (C=O) groups excluding carboxylic acids is 4. The maximum Gasteiger partial charge on any atom is 0.316 e. The van der Waals surface area contributed by atoms with Crippen LogP contribution in [-0.4, -0.2) is 30.2 Å². The van der Waals surface area contributed by atoms with Crippen LogP contribution >= 0.6 is 11.6 Å². The van der Waals surface area contributed by atoms with Gasteiger partial charge in [-0.2, -0.15) is 0 Å². The molecule has 2 fully saturated rings. The summed E-state index contributed by atoms with van der Waals surface area (Å²) in [5.74, 6) is -1.98. The number of allylic oxidation sites excluding steroid dienone is 2. The molecule has 174 valence electrons. The number of nitrogens with zero attached hydrogens (tertiary/aromatic N) is 2. The third-order valence-electron chi connectivity index (χ3n) is 6.75. The monoisotopic (exact) mass is 478 g/mol. The molecular weight excluding hydrogens is 456 g/mol. The van der Waals surface area contributed by atoms with Gasteiger partial charge in [0, 0.05) is 23.7 Å². The van der Waals surface area contributed by atoms with Gasteiger partial charge in [0.25, 0.3) is 0 Å². The van der Waals surface area contributed by atoms with Crippen LogP contribution in [0.4, 0.5) is 11.4 Å². The van der Waals surface area contributed by atoms with Crippen LogP contribution in [0.15, 0.2) is 54.6 Å². The number of hydrogen-bond acceptors (Lipinski definition) is 5. The number of anilines is 2. The fourth-order valence-electron chi connectivity index (χ4n) is 4.78. The number of hydrogen-bond donors (Lipinski definition) is 0. The molecule has 0 radical (unpaired) electrons. The number of amides is 3. The lowest BCUT2D eigenvalue weighted by Gasteiger charge is -2.17. The zero-order valence-electron chi connectivity index (χ0n) is 18.6. The van der Waals surface area contributed by atoms with Gasteiger partial charge < -0.3 is 9.64 Å². The second-order valence-electron chi connectivity index (χ2n) is 8.92. The highest BCUT2D eigenvalue weighted by Gasteiger charge is 2.47. The Bertz CT molecular complexity index is 1200. The fraction of sp³-hybridized carbons (Fsp3) is 0.308. The number of imide groups is 1. The van der Waals surface area contributed by atoms with E-state index in [-0.39, 0.29) is 48.3 Å². The average molecular weight is 479 g/mol. The molecular formula is C26H23ClN2O5. The van der Waals surface area contributed by atoms with Crippen molar-refractivity contribution in [3.05, 3.63) is 65.2 Å².